The van der Waals surface area contributed by atoms with Crippen LogP contribution in [0.15, 0.2) is 27.2 Å². The number of hydrogen-bond acceptors (Lipinski definition) is 6. The van der Waals surface area contributed by atoms with Crippen LogP contribution in [-0.4, -0.2) is 18.6 Å². The van der Waals surface area contributed by atoms with Gasteiger partial charge < -0.3 is 5.73 Å². The number of anilines is 1. The van der Waals surface area contributed by atoms with Crippen LogP contribution in [-0.2, 0) is 16.6 Å². The minimum Gasteiger partial charge on any atom is -0.326 e. The molecule has 0 spiro atoms. The van der Waals surface area contributed by atoms with Crippen molar-refractivity contribution in [3.8, 4) is 0 Å². The van der Waals surface area contributed by atoms with Gasteiger partial charge in [-0.25, -0.2) is 13.5 Å². The zero-order valence-electron chi connectivity index (χ0n) is 10.0. The molecule has 0 aromatic carbocycles. The predicted octanol–water partition coefficient (Wildman–Crippen LogP) is 0.399. The fourth-order valence-electron chi connectivity index (χ4n) is 1.58. The molecule has 0 fully saturated rings. The third-order valence-electron chi connectivity index (χ3n) is 2.36. The van der Waals surface area contributed by atoms with Crippen LogP contribution in [0.4, 0.5) is 5.82 Å². The lowest BCUT2D eigenvalue weighted by atomic mass is 10.3. The van der Waals surface area contributed by atoms with Gasteiger partial charge in [0, 0.05) is 17.5 Å². The summed E-state index contributed by atoms with van der Waals surface area (Å²) in [6.07, 6.45) is 0. The molecule has 0 amide bonds. The summed E-state index contributed by atoms with van der Waals surface area (Å²) < 4.78 is 26.8. The Morgan fingerprint density at radius 1 is 1.47 bits per heavy atom. The van der Waals surface area contributed by atoms with E-state index in [1.807, 2.05) is 0 Å². The number of H-pyrrole nitrogens is 1. The average molecular weight is 300 g/mol. The standard InChI is InChI=1S/C10H12N4O3S2/c1-6-5-18-7(4-11)10(6)19(16,17)14-8-2-3-9(15)13-12-8/h2-3,5H,4,11H2,1H3,(H,12,14)(H,13,15). The summed E-state index contributed by atoms with van der Waals surface area (Å²) in [7, 11) is -3.76. The van der Waals surface area contributed by atoms with E-state index in [-0.39, 0.29) is 17.3 Å². The van der Waals surface area contributed by atoms with E-state index >= 15 is 0 Å². The minimum absolute atomic E-state index is 0.0492. The first-order valence-electron chi connectivity index (χ1n) is 5.29. The second-order valence-corrected chi connectivity index (χ2v) is 6.37. The van der Waals surface area contributed by atoms with Crippen molar-refractivity contribution in [1.82, 2.24) is 10.2 Å². The van der Waals surface area contributed by atoms with Gasteiger partial charge in [-0.3, -0.25) is 9.52 Å². The lowest BCUT2D eigenvalue weighted by Gasteiger charge is -2.08. The summed E-state index contributed by atoms with van der Waals surface area (Å²) in [5.41, 5.74) is 5.75. The predicted molar refractivity (Wildman–Crippen MR) is 72.6 cm³/mol. The Labute approximate surface area is 113 Å². The summed E-state index contributed by atoms with van der Waals surface area (Å²) in [5, 5.41) is 7.49. The van der Waals surface area contributed by atoms with Crippen molar-refractivity contribution in [2.45, 2.75) is 18.4 Å². The molecule has 0 aliphatic heterocycles. The van der Waals surface area contributed by atoms with E-state index in [4.69, 9.17) is 5.73 Å². The van der Waals surface area contributed by atoms with E-state index in [1.54, 1.807) is 12.3 Å². The van der Waals surface area contributed by atoms with Crippen molar-refractivity contribution >= 4 is 27.2 Å². The van der Waals surface area contributed by atoms with Crippen LogP contribution in [0.5, 0.6) is 0 Å². The summed E-state index contributed by atoms with van der Waals surface area (Å²) in [4.78, 5) is 11.6. The van der Waals surface area contributed by atoms with E-state index < -0.39 is 15.6 Å². The Bertz CT molecular complexity index is 728. The average Bonchev–Trinajstić information content (AvgIpc) is 2.74. The summed E-state index contributed by atoms with van der Waals surface area (Å²) in [5.74, 6) is 0.0492. The van der Waals surface area contributed by atoms with Crippen molar-refractivity contribution in [3.05, 3.63) is 38.3 Å². The number of aromatic nitrogens is 2. The van der Waals surface area contributed by atoms with Crippen LogP contribution >= 0.6 is 11.3 Å². The summed E-state index contributed by atoms with van der Waals surface area (Å²) in [6.45, 7) is 1.85. The molecule has 0 aliphatic carbocycles. The number of hydrogen-bond donors (Lipinski definition) is 3. The third-order valence-corrected chi connectivity index (χ3v) is 5.20. The normalized spacial score (nSPS) is 11.5. The van der Waals surface area contributed by atoms with Gasteiger partial charge >= 0.3 is 0 Å². The molecule has 2 aromatic heterocycles. The maximum atomic E-state index is 12.3. The highest BCUT2D eigenvalue weighted by atomic mass is 32.2. The molecule has 0 unspecified atom stereocenters. The van der Waals surface area contributed by atoms with Gasteiger partial charge in [-0.15, -0.1) is 11.3 Å². The van der Waals surface area contributed by atoms with Crippen LogP contribution in [0.3, 0.4) is 0 Å². The second kappa shape index (κ2) is 5.11. The SMILES string of the molecule is Cc1csc(CN)c1S(=O)(=O)Nc1ccc(=O)[nH]n1. The Kier molecular flexibility index (Phi) is 3.69. The first-order chi connectivity index (χ1) is 8.94. The van der Waals surface area contributed by atoms with Gasteiger partial charge in [0.2, 0.25) is 0 Å². The molecule has 2 rings (SSSR count). The maximum Gasteiger partial charge on any atom is 0.264 e. The van der Waals surface area contributed by atoms with E-state index in [1.165, 1.54) is 23.5 Å². The molecule has 9 heteroatoms. The summed E-state index contributed by atoms with van der Waals surface area (Å²) in [6, 6.07) is 2.48. The van der Waals surface area contributed by atoms with Gasteiger partial charge in [0.15, 0.2) is 5.82 Å². The molecule has 19 heavy (non-hydrogen) atoms. The molecular weight excluding hydrogens is 288 g/mol. The Hall–Kier alpha value is -1.71. The lowest BCUT2D eigenvalue weighted by molar-refractivity contribution is 0.599. The van der Waals surface area contributed by atoms with Crippen LogP contribution in [0, 0.1) is 6.92 Å². The van der Waals surface area contributed by atoms with Gasteiger partial charge in [0.25, 0.3) is 15.6 Å². The van der Waals surface area contributed by atoms with E-state index in [0.717, 1.165) is 0 Å². The topological polar surface area (TPSA) is 118 Å². The molecule has 2 aromatic rings. The number of rotatable bonds is 4. The number of aryl methyl sites for hydroxylation is 1. The Balaban J connectivity index is 2.40. The fourth-order valence-corrected chi connectivity index (χ4v) is 4.29. The molecular formula is C10H12N4O3S2. The zero-order valence-corrected chi connectivity index (χ0v) is 11.6. The smallest absolute Gasteiger partial charge is 0.264 e. The molecule has 2 heterocycles. The number of sulfonamides is 1. The molecule has 0 bridgehead atoms. The van der Waals surface area contributed by atoms with Gasteiger partial charge in [-0.1, -0.05) is 0 Å². The van der Waals surface area contributed by atoms with Crippen molar-refractivity contribution in [1.29, 1.82) is 0 Å². The van der Waals surface area contributed by atoms with E-state index in [9.17, 15) is 13.2 Å². The Morgan fingerprint density at radius 3 is 2.79 bits per heavy atom. The number of aromatic amines is 1. The first-order valence-corrected chi connectivity index (χ1v) is 7.66. The molecule has 0 atom stereocenters. The Morgan fingerprint density at radius 2 is 2.21 bits per heavy atom. The monoisotopic (exact) mass is 300 g/mol. The lowest BCUT2D eigenvalue weighted by Crippen LogP contribution is -2.18. The second-order valence-electron chi connectivity index (χ2n) is 3.79. The molecule has 0 saturated heterocycles. The fraction of sp³-hybridized carbons (Fsp3) is 0.200. The van der Waals surface area contributed by atoms with Crippen molar-refractivity contribution < 1.29 is 8.42 Å². The largest absolute Gasteiger partial charge is 0.326 e. The van der Waals surface area contributed by atoms with Gasteiger partial charge in [-0.2, -0.15) is 5.10 Å². The van der Waals surface area contributed by atoms with E-state index in [0.29, 0.717) is 10.4 Å². The van der Waals surface area contributed by atoms with Crippen LogP contribution in [0.1, 0.15) is 10.4 Å². The number of nitrogens with one attached hydrogen (secondary N) is 2. The van der Waals surface area contributed by atoms with Crippen molar-refractivity contribution in [2.75, 3.05) is 4.72 Å². The first kappa shape index (κ1) is 13.7. The zero-order chi connectivity index (χ0) is 14.0. The molecule has 0 saturated carbocycles. The highest BCUT2D eigenvalue weighted by Crippen LogP contribution is 2.27. The highest BCUT2D eigenvalue weighted by molar-refractivity contribution is 7.93. The molecule has 4 N–H and O–H groups in total. The molecule has 0 aliphatic rings. The molecule has 102 valence electrons. The van der Waals surface area contributed by atoms with Gasteiger partial charge in [0.1, 0.15) is 4.90 Å². The summed E-state index contributed by atoms with van der Waals surface area (Å²) >= 11 is 1.29. The number of nitrogens with zero attached hydrogens (tertiary/aromatic N) is 1. The van der Waals surface area contributed by atoms with Crippen molar-refractivity contribution in [3.63, 3.8) is 0 Å². The molecule has 0 radical (unpaired) electrons. The van der Waals surface area contributed by atoms with Gasteiger partial charge in [-0.05, 0) is 23.9 Å². The number of nitrogens with two attached hydrogens (primary N) is 1. The van der Waals surface area contributed by atoms with Crippen LogP contribution in [0.25, 0.3) is 0 Å². The minimum atomic E-state index is -3.76. The quantitative estimate of drug-likeness (QED) is 0.755. The number of thiophene rings is 1. The van der Waals surface area contributed by atoms with E-state index in [2.05, 4.69) is 14.9 Å². The molecule has 7 nitrogen and oxygen atoms in total. The third kappa shape index (κ3) is 2.83. The van der Waals surface area contributed by atoms with Crippen LogP contribution in [0.2, 0.25) is 0 Å². The highest BCUT2D eigenvalue weighted by Gasteiger charge is 2.22. The van der Waals surface area contributed by atoms with Gasteiger partial charge in [0.05, 0.1) is 0 Å². The maximum absolute atomic E-state index is 12.3. The van der Waals surface area contributed by atoms with Crippen molar-refractivity contribution in [2.24, 2.45) is 5.73 Å². The van der Waals surface area contributed by atoms with Crippen LogP contribution < -0.4 is 16.0 Å².